The van der Waals surface area contributed by atoms with Gasteiger partial charge in [-0.15, -0.1) is 10.2 Å². The molecule has 53 heavy (non-hydrogen) atoms. The molecule has 4 aliphatic rings. The molecular weight excluding hydrogens is 795 g/mol. The van der Waals surface area contributed by atoms with Gasteiger partial charge in [0.15, 0.2) is 5.09 Å². The fraction of sp³-hybridized carbons (Fsp3) is 0.438. The Morgan fingerprint density at radius 2 is 1.17 bits per heavy atom. The van der Waals surface area contributed by atoms with Crippen molar-refractivity contribution >= 4 is 66.8 Å². The van der Waals surface area contributed by atoms with E-state index in [1.807, 2.05) is 6.26 Å². The Bertz CT molecular complexity index is 2130. The van der Waals surface area contributed by atoms with Crippen LogP contribution in [0, 0.1) is 0 Å². The number of azo groups is 2. The first-order valence-electron chi connectivity index (χ1n) is 16.6. The number of hydrogen-bond acceptors (Lipinski definition) is 16. The van der Waals surface area contributed by atoms with E-state index in [9.17, 15) is 25.9 Å². The van der Waals surface area contributed by atoms with Crippen molar-refractivity contribution in [3.05, 3.63) is 46.8 Å². The largest absolute Gasteiger partial charge is 0.467 e. The van der Waals surface area contributed by atoms with Crippen LogP contribution >= 0.6 is 11.8 Å². The summed E-state index contributed by atoms with van der Waals surface area (Å²) in [5.41, 5.74) is 5.43. The number of rotatable bonds is 8. The predicted molar refractivity (Wildman–Crippen MR) is 190 cm³/mol. The van der Waals surface area contributed by atoms with E-state index in [0.717, 1.165) is 87.2 Å². The second kappa shape index (κ2) is 15.8. The molecule has 0 amide bonds. The maximum atomic E-state index is 12.1. The van der Waals surface area contributed by atoms with Crippen molar-refractivity contribution in [2.45, 2.75) is 66.2 Å². The van der Waals surface area contributed by atoms with E-state index in [1.165, 1.54) is 31.3 Å². The molecule has 0 radical (unpaired) electrons. The van der Waals surface area contributed by atoms with Crippen molar-refractivity contribution < 1.29 is 56.0 Å². The molecule has 4 aromatic rings. The van der Waals surface area contributed by atoms with Crippen LogP contribution in [0.2, 0.25) is 0 Å². The summed E-state index contributed by atoms with van der Waals surface area (Å²) in [6.07, 6.45) is 11.2. The van der Waals surface area contributed by atoms with Gasteiger partial charge in [-0.25, -0.2) is 0 Å². The van der Waals surface area contributed by atoms with Crippen LogP contribution in [0.1, 0.15) is 47.9 Å². The average molecular weight is 832 g/mol. The number of oxazole rings is 2. The van der Waals surface area contributed by atoms with Crippen LogP contribution in [-0.2, 0) is 62.4 Å². The normalized spacial score (nSPS) is 16.5. The molecule has 286 valence electrons. The van der Waals surface area contributed by atoms with E-state index in [1.54, 1.807) is 12.1 Å². The van der Waals surface area contributed by atoms with Crippen molar-refractivity contribution in [3.8, 4) is 5.95 Å². The van der Waals surface area contributed by atoms with Gasteiger partial charge in [0, 0.05) is 54.0 Å². The number of methoxy groups -OCH3 is 1. The number of benzene rings is 2. The van der Waals surface area contributed by atoms with E-state index in [4.69, 9.17) is 13.6 Å². The van der Waals surface area contributed by atoms with E-state index in [2.05, 4.69) is 40.2 Å². The number of aromatic nitrogens is 2. The van der Waals surface area contributed by atoms with Gasteiger partial charge in [0.2, 0.25) is 0 Å². The molecule has 0 bridgehead atoms. The summed E-state index contributed by atoms with van der Waals surface area (Å²) < 4.78 is 83.4. The van der Waals surface area contributed by atoms with Crippen molar-refractivity contribution in [1.82, 2.24) is 9.97 Å². The third-order valence-corrected chi connectivity index (χ3v) is 11.8. The fourth-order valence-electron chi connectivity index (χ4n) is 7.33. The van der Waals surface area contributed by atoms with E-state index in [0.29, 0.717) is 29.1 Å². The zero-order chi connectivity index (χ0) is 36.6. The number of thioether (sulfide) groups is 1. The minimum Gasteiger partial charge on any atom is -0.467 e. The first-order chi connectivity index (χ1) is 24.9. The number of ether oxygens (including phenoxy) is 1. The van der Waals surface area contributed by atoms with Gasteiger partial charge in [0.05, 0.1) is 13.3 Å². The average Bonchev–Trinajstić information content (AvgIpc) is 3.79. The maximum absolute atomic E-state index is 12.1. The summed E-state index contributed by atoms with van der Waals surface area (Å²) in [4.78, 5) is 11.9. The Balaban J connectivity index is 0.000000178. The van der Waals surface area contributed by atoms with Crippen LogP contribution in [0.15, 0.2) is 68.7 Å². The van der Waals surface area contributed by atoms with Crippen LogP contribution in [0.25, 0.3) is 0 Å². The summed E-state index contributed by atoms with van der Waals surface area (Å²) >= 11 is 1.38. The smallest absolute Gasteiger partial charge is 0.343 e. The van der Waals surface area contributed by atoms with Crippen molar-refractivity contribution in [1.29, 1.82) is 0 Å². The molecule has 0 saturated carbocycles. The standard InChI is InChI=1S/C16H18N4O5S.C16H18N4O4S2.Ni/c1-24-13-9-17-16(25-13)19-18-12-8-10-4-2-6-20-7-3-5-11(14(10)20)15(12)26(21,22)23;1-25-13-9-17-16(24-13)19-18-12-8-10-4-2-6-20-7-3-5-11(14(10)20)15(12)26(21,22)23;/h2*8-9H,2-7H2,1H3,(H,21,22,23);. The summed E-state index contributed by atoms with van der Waals surface area (Å²) in [6, 6.07) is 3.38. The molecule has 8 rings (SSSR count). The minimum absolute atomic E-state index is 0. The van der Waals surface area contributed by atoms with Gasteiger partial charge in [-0.05, 0) is 92.0 Å². The van der Waals surface area contributed by atoms with Crippen molar-refractivity contribution in [2.75, 3.05) is 49.3 Å². The van der Waals surface area contributed by atoms with E-state index >= 15 is 0 Å². The molecule has 0 unspecified atom stereocenters. The first kappa shape index (κ1) is 38.8. The SMILES string of the molecule is COc1cnc(N=Nc2cc3c4c(c2S(=O)(=O)O)CCCN4CCC3)o1.CSc1cnc(N=Nc2cc3c4c(c2S(=O)(=O)O)CCCN4CCC3)o1.[Ni]. The molecule has 2 aromatic carbocycles. The van der Waals surface area contributed by atoms with Gasteiger partial charge in [-0.1, -0.05) is 22.0 Å². The van der Waals surface area contributed by atoms with Gasteiger partial charge < -0.3 is 23.4 Å². The summed E-state index contributed by atoms with van der Waals surface area (Å²) in [6.45, 7) is 3.59. The molecule has 2 N–H and O–H groups in total. The fourth-order valence-corrected chi connectivity index (χ4v) is 9.39. The molecule has 17 nitrogen and oxygen atoms in total. The first-order valence-corrected chi connectivity index (χ1v) is 20.7. The molecule has 0 aliphatic carbocycles. The Morgan fingerprint density at radius 3 is 1.58 bits per heavy atom. The molecule has 4 aliphatic heterocycles. The maximum Gasteiger partial charge on any atom is 0.343 e. The second-order valence-electron chi connectivity index (χ2n) is 12.5. The van der Waals surface area contributed by atoms with E-state index < -0.39 is 20.2 Å². The molecule has 0 atom stereocenters. The number of anilines is 2. The third-order valence-electron chi connectivity index (χ3n) is 9.26. The Morgan fingerprint density at radius 1 is 0.717 bits per heavy atom. The molecule has 0 spiro atoms. The third kappa shape index (κ3) is 8.14. The molecular formula is C32H36N8NiO9S3. The number of aryl methyl sites for hydroxylation is 2. The minimum atomic E-state index is -4.46. The van der Waals surface area contributed by atoms with Gasteiger partial charge >= 0.3 is 18.0 Å². The quantitative estimate of drug-likeness (QED) is 0.0806. The topological polar surface area (TPSA) is 226 Å². The van der Waals surface area contributed by atoms with Gasteiger partial charge in [0.25, 0.3) is 20.2 Å². The molecule has 6 heterocycles. The molecule has 0 saturated heterocycles. The Hall–Kier alpha value is -3.88. The van der Waals surface area contributed by atoms with Gasteiger partial charge in [-0.2, -0.15) is 26.8 Å². The van der Waals surface area contributed by atoms with Crippen LogP contribution in [0.3, 0.4) is 0 Å². The van der Waals surface area contributed by atoms with Gasteiger partial charge in [0.1, 0.15) is 27.4 Å². The Kier molecular flexibility index (Phi) is 11.6. The zero-order valence-electron chi connectivity index (χ0n) is 28.7. The van der Waals surface area contributed by atoms with Gasteiger partial charge in [-0.3, -0.25) is 9.11 Å². The number of nitrogens with zero attached hydrogens (tertiary/aromatic N) is 8. The molecule has 21 heteroatoms. The van der Waals surface area contributed by atoms with Crippen LogP contribution in [0.4, 0.5) is 34.8 Å². The second-order valence-corrected chi connectivity index (χ2v) is 16.0. The predicted octanol–water partition coefficient (Wildman–Crippen LogP) is 6.80. The Labute approximate surface area is 320 Å². The zero-order valence-corrected chi connectivity index (χ0v) is 32.1. The molecule has 2 aromatic heterocycles. The molecule has 0 fully saturated rings. The monoisotopic (exact) mass is 830 g/mol. The van der Waals surface area contributed by atoms with Crippen LogP contribution in [-0.4, -0.2) is 75.5 Å². The summed E-state index contributed by atoms with van der Waals surface area (Å²) in [5.74, 6) is 0.171. The van der Waals surface area contributed by atoms with E-state index in [-0.39, 0.29) is 55.6 Å². The van der Waals surface area contributed by atoms with Crippen molar-refractivity contribution in [3.63, 3.8) is 0 Å². The van der Waals surface area contributed by atoms with Crippen LogP contribution in [0.5, 0.6) is 5.95 Å². The number of hydrogen-bond donors (Lipinski definition) is 2. The van der Waals surface area contributed by atoms with Crippen LogP contribution < -0.4 is 14.5 Å². The van der Waals surface area contributed by atoms with Crippen molar-refractivity contribution in [2.24, 2.45) is 20.5 Å². The summed E-state index contributed by atoms with van der Waals surface area (Å²) in [7, 11) is -7.47. The summed E-state index contributed by atoms with van der Waals surface area (Å²) in [5, 5.41) is 16.4.